The Morgan fingerprint density at radius 2 is 1.68 bits per heavy atom. The number of fused-ring (bicyclic) bond motifs is 1. The number of carbonyl (C=O) groups is 3. The number of carboxylic acid groups (broad SMARTS) is 1. The Bertz CT molecular complexity index is 1480. The maximum absolute atomic E-state index is 14.3. The summed E-state index contributed by atoms with van der Waals surface area (Å²) in [5.74, 6) is -0.586. The number of nitrogens with one attached hydrogen (secondary N) is 1. The van der Waals surface area contributed by atoms with E-state index in [4.69, 9.17) is 9.47 Å². The van der Waals surface area contributed by atoms with E-state index in [0.717, 1.165) is 18.4 Å². The zero-order chi connectivity index (χ0) is 33.4. The molecule has 5 atom stereocenters. The van der Waals surface area contributed by atoms with Gasteiger partial charge < -0.3 is 29.7 Å². The van der Waals surface area contributed by atoms with Gasteiger partial charge in [0.25, 0.3) is 5.91 Å². The Kier molecular flexibility index (Phi) is 9.67. The van der Waals surface area contributed by atoms with E-state index in [9.17, 15) is 23.9 Å². The van der Waals surface area contributed by atoms with Gasteiger partial charge in [-0.2, -0.15) is 0 Å². The van der Waals surface area contributed by atoms with Crippen molar-refractivity contribution >= 4 is 23.6 Å². The summed E-state index contributed by atoms with van der Waals surface area (Å²) in [6.07, 6.45) is 1.19. The van der Waals surface area contributed by atoms with Gasteiger partial charge in [0.05, 0.1) is 25.8 Å². The van der Waals surface area contributed by atoms with Crippen LogP contribution in [-0.4, -0.2) is 125 Å². The van der Waals surface area contributed by atoms with Gasteiger partial charge in [0, 0.05) is 49.8 Å². The number of pyridine rings is 1. The summed E-state index contributed by atoms with van der Waals surface area (Å²) in [4.78, 5) is 52.0. The normalized spacial score (nSPS) is 26.8. The Labute approximate surface area is 274 Å². The van der Waals surface area contributed by atoms with E-state index in [0.29, 0.717) is 50.5 Å². The average molecular weight is 653 g/mol. The zero-order valence-electron chi connectivity index (χ0n) is 27.5. The maximum Gasteiger partial charge on any atom is 0.407 e. The molecule has 254 valence electrons. The Morgan fingerprint density at radius 1 is 0.979 bits per heavy atom. The van der Waals surface area contributed by atoms with Gasteiger partial charge in [-0.3, -0.25) is 19.4 Å². The lowest BCUT2D eigenvalue weighted by molar-refractivity contribution is -0.122. The summed E-state index contributed by atoms with van der Waals surface area (Å²) in [7, 11) is 0. The van der Waals surface area contributed by atoms with Crippen LogP contribution in [0.5, 0.6) is 5.88 Å². The molecule has 1 aromatic carbocycles. The van der Waals surface area contributed by atoms with Crippen molar-refractivity contribution < 1.29 is 33.4 Å². The number of nitrogens with zero attached hydrogens (tertiary/aromatic N) is 5. The van der Waals surface area contributed by atoms with Crippen LogP contribution in [-0.2, 0) is 16.0 Å². The molecule has 47 heavy (non-hydrogen) atoms. The second-order valence-corrected chi connectivity index (χ2v) is 13.6. The van der Waals surface area contributed by atoms with Gasteiger partial charge in [0.1, 0.15) is 23.8 Å². The number of amides is 3. The van der Waals surface area contributed by atoms with Crippen molar-refractivity contribution in [2.24, 2.45) is 0 Å². The number of aromatic nitrogens is 1. The van der Waals surface area contributed by atoms with Gasteiger partial charge in [-0.25, -0.2) is 14.2 Å². The third-order valence-electron chi connectivity index (χ3n) is 9.72. The first kappa shape index (κ1) is 33.1. The van der Waals surface area contributed by atoms with Gasteiger partial charge >= 0.3 is 6.09 Å². The number of ether oxygens (including phenoxy) is 2. The highest BCUT2D eigenvalue weighted by molar-refractivity contribution is 5.99. The average Bonchev–Trinajstić information content (AvgIpc) is 3.84. The van der Waals surface area contributed by atoms with E-state index in [1.54, 1.807) is 23.1 Å². The molecular formula is C34H45FN6O6. The lowest BCUT2D eigenvalue weighted by Crippen LogP contribution is -2.65. The SMILES string of the molecule is CC1COc2nc(C(=O)NC3CC3)c(Cc3ccc(F)cc3)cc2N1C(=O)CN1C[C@@H](C)N(C(=O)O)C[C@@H]1CN1[C@H](C)COC[C@H]1C. The van der Waals surface area contributed by atoms with Crippen molar-refractivity contribution in [1.29, 1.82) is 0 Å². The molecule has 2 aromatic rings. The number of benzene rings is 1. The van der Waals surface area contributed by atoms with E-state index in [1.807, 2.05) is 13.8 Å². The lowest BCUT2D eigenvalue weighted by atomic mass is 10.0. The van der Waals surface area contributed by atoms with E-state index in [2.05, 4.69) is 33.9 Å². The predicted molar refractivity (Wildman–Crippen MR) is 172 cm³/mol. The van der Waals surface area contributed by atoms with Crippen molar-refractivity contribution in [3.8, 4) is 5.88 Å². The molecule has 1 saturated carbocycles. The van der Waals surface area contributed by atoms with Crippen LogP contribution in [0.3, 0.4) is 0 Å². The number of halogens is 1. The molecule has 13 heteroatoms. The third kappa shape index (κ3) is 7.37. The van der Waals surface area contributed by atoms with Crippen LogP contribution >= 0.6 is 0 Å². The summed E-state index contributed by atoms with van der Waals surface area (Å²) in [5, 5.41) is 12.9. The molecule has 4 aliphatic rings. The van der Waals surface area contributed by atoms with Gasteiger partial charge in [-0.05, 0) is 76.3 Å². The predicted octanol–water partition coefficient (Wildman–Crippen LogP) is 2.98. The monoisotopic (exact) mass is 652 g/mol. The highest BCUT2D eigenvalue weighted by Crippen LogP contribution is 2.36. The standard InChI is InChI=1S/C34H45FN6O6/c1-20-13-38(28(15-40(20)34(44)45)14-39-21(2)17-46-18-22(39)3)16-30(42)41-23(4)19-47-33-29(41)12-25(11-24-5-7-26(35)8-6-24)31(37-33)32(43)36-27-9-10-27/h5-8,12,20-23,27-28H,9-11,13-19H2,1-4H3,(H,36,43)(H,44,45)/t20-,21-,22-,23?,28+/m1/s1. The summed E-state index contributed by atoms with van der Waals surface area (Å²) < 4.78 is 25.4. The topological polar surface area (TPSA) is 128 Å². The molecule has 4 heterocycles. The van der Waals surface area contributed by atoms with Crippen LogP contribution in [0.25, 0.3) is 0 Å². The molecule has 1 unspecified atom stereocenters. The molecule has 0 bridgehead atoms. The Balaban J connectivity index is 1.29. The first-order valence-electron chi connectivity index (χ1n) is 16.6. The second-order valence-electron chi connectivity index (χ2n) is 13.6. The molecule has 0 radical (unpaired) electrons. The van der Waals surface area contributed by atoms with Gasteiger partial charge in [-0.15, -0.1) is 0 Å². The molecule has 6 rings (SSSR count). The molecule has 3 aliphatic heterocycles. The fourth-order valence-electron chi connectivity index (χ4n) is 6.96. The smallest absolute Gasteiger partial charge is 0.407 e. The van der Waals surface area contributed by atoms with Crippen molar-refractivity contribution in [2.45, 2.75) is 83.2 Å². The summed E-state index contributed by atoms with van der Waals surface area (Å²) in [6.45, 7) is 10.8. The number of carbonyl (C=O) groups excluding carboxylic acids is 2. The minimum absolute atomic E-state index is 0.0799. The highest BCUT2D eigenvalue weighted by Gasteiger charge is 2.40. The van der Waals surface area contributed by atoms with Crippen LogP contribution in [0.4, 0.5) is 14.9 Å². The quantitative estimate of drug-likeness (QED) is 0.443. The number of hydrogen-bond donors (Lipinski definition) is 2. The van der Waals surface area contributed by atoms with E-state index >= 15 is 0 Å². The van der Waals surface area contributed by atoms with Crippen LogP contribution < -0.4 is 15.0 Å². The highest BCUT2D eigenvalue weighted by atomic mass is 19.1. The number of morpholine rings is 1. The molecule has 1 aliphatic carbocycles. The van der Waals surface area contributed by atoms with E-state index < -0.39 is 6.09 Å². The fraction of sp³-hybridized carbons (Fsp3) is 0.588. The number of anilines is 1. The molecule has 12 nitrogen and oxygen atoms in total. The largest absolute Gasteiger partial charge is 0.474 e. The summed E-state index contributed by atoms with van der Waals surface area (Å²) >= 11 is 0. The minimum Gasteiger partial charge on any atom is -0.474 e. The first-order valence-corrected chi connectivity index (χ1v) is 16.6. The zero-order valence-corrected chi connectivity index (χ0v) is 27.5. The fourth-order valence-corrected chi connectivity index (χ4v) is 6.96. The van der Waals surface area contributed by atoms with Crippen LogP contribution in [0.2, 0.25) is 0 Å². The van der Waals surface area contributed by atoms with Crippen LogP contribution in [0.1, 0.15) is 62.2 Å². The number of piperazine rings is 1. The number of hydrogen-bond acceptors (Lipinski definition) is 8. The number of rotatable bonds is 8. The summed E-state index contributed by atoms with van der Waals surface area (Å²) in [6, 6.07) is 7.57. The molecule has 3 fully saturated rings. The van der Waals surface area contributed by atoms with Gasteiger partial charge in [-0.1, -0.05) is 12.1 Å². The summed E-state index contributed by atoms with van der Waals surface area (Å²) in [5.41, 5.74) is 2.13. The van der Waals surface area contributed by atoms with Crippen molar-refractivity contribution in [3.63, 3.8) is 0 Å². The molecular weight excluding hydrogens is 607 g/mol. The molecule has 2 N–H and O–H groups in total. The second kappa shape index (κ2) is 13.7. The Hall–Kier alpha value is -3.81. The van der Waals surface area contributed by atoms with Crippen molar-refractivity contribution in [2.75, 3.05) is 50.9 Å². The van der Waals surface area contributed by atoms with E-state index in [-0.39, 0.29) is 78.6 Å². The van der Waals surface area contributed by atoms with Crippen molar-refractivity contribution in [1.82, 2.24) is 25.0 Å². The van der Waals surface area contributed by atoms with Gasteiger partial charge in [0.15, 0.2) is 0 Å². The van der Waals surface area contributed by atoms with Crippen molar-refractivity contribution in [3.05, 3.63) is 53.0 Å². The van der Waals surface area contributed by atoms with Crippen LogP contribution in [0, 0.1) is 5.82 Å². The maximum atomic E-state index is 14.3. The van der Waals surface area contributed by atoms with Crippen LogP contribution in [0.15, 0.2) is 30.3 Å². The lowest BCUT2D eigenvalue weighted by Gasteiger charge is -2.48. The van der Waals surface area contributed by atoms with E-state index in [1.165, 1.54) is 17.0 Å². The molecule has 0 spiro atoms. The third-order valence-corrected chi connectivity index (χ3v) is 9.72. The minimum atomic E-state index is -0.964. The van der Waals surface area contributed by atoms with Gasteiger partial charge in [0.2, 0.25) is 11.8 Å². The molecule has 3 amide bonds. The molecule has 2 saturated heterocycles. The first-order chi connectivity index (χ1) is 22.5. The molecule has 1 aromatic heterocycles. The Morgan fingerprint density at radius 3 is 2.34 bits per heavy atom.